The Hall–Kier alpha value is -2.82. The summed E-state index contributed by atoms with van der Waals surface area (Å²) < 4.78 is 44.3. The lowest BCUT2D eigenvalue weighted by atomic mass is 10.2. The van der Waals surface area contributed by atoms with E-state index in [1.54, 1.807) is 7.05 Å². The van der Waals surface area contributed by atoms with Gasteiger partial charge in [0.05, 0.1) is 14.2 Å². The molecule has 0 radical (unpaired) electrons. The molecule has 11 heteroatoms. The summed E-state index contributed by atoms with van der Waals surface area (Å²) in [6, 6.07) is 3.91. The summed E-state index contributed by atoms with van der Waals surface area (Å²) in [6.07, 6.45) is -5.70. The van der Waals surface area contributed by atoms with Crippen molar-refractivity contribution < 1.29 is 41.9 Å². The lowest BCUT2D eigenvalue weighted by molar-refractivity contribution is -0.885. The summed E-state index contributed by atoms with van der Waals surface area (Å²) in [5.41, 5.74) is 0.268. The number of quaternary nitrogens is 1. The molecular formula is C15H19F3N3O5+. The summed E-state index contributed by atoms with van der Waals surface area (Å²) in [4.78, 5) is 35.2. The summed E-state index contributed by atoms with van der Waals surface area (Å²) >= 11 is 0. The number of hydrogen-bond donors (Lipinski definition) is 3. The molecule has 0 saturated carbocycles. The maximum atomic E-state index is 12.1. The van der Waals surface area contributed by atoms with Gasteiger partial charge in [-0.25, -0.2) is 4.79 Å². The van der Waals surface area contributed by atoms with Crippen molar-refractivity contribution in [3.63, 3.8) is 0 Å². The average Bonchev–Trinajstić information content (AvgIpc) is 2.54. The van der Waals surface area contributed by atoms with Gasteiger partial charge < -0.3 is 19.7 Å². The summed E-state index contributed by atoms with van der Waals surface area (Å²) in [6.45, 7) is 1.40. The third-order valence-corrected chi connectivity index (χ3v) is 3.35. The van der Waals surface area contributed by atoms with Gasteiger partial charge in [-0.05, 0) is 31.2 Å². The van der Waals surface area contributed by atoms with Crippen molar-refractivity contribution in [1.29, 1.82) is 0 Å². The van der Waals surface area contributed by atoms with Gasteiger partial charge in [-0.2, -0.15) is 0 Å². The Balaban J connectivity index is 2.55. The highest BCUT2D eigenvalue weighted by Crippen LogP contribution is 2.23. The topological polar surface area (TPSA) is 98.2 Å². The second-order valence-corrected chi connectivity index (χ2v) is 5.35. The molecule has 2 atom stereocenters. The molecule has 0 bridgehead atoms. The molecule has 8 nitrogen and oxygen atoms in total. The van der Waals surface area contributed by atoms with E-state index in [-0.39, 0.29) is 12.2 Å². The first-order valence-corrected chi connectivity index (χ1v) is 7.38. The molecule has 26 heavy (non-hydrogen) atoms. The van der Waals surface area contributed by atoms with Crippen LogP contribution in [0.15, 0.2) is 24.3 Å². The minimum Gasteiger partial charge on any atom is -0.453 e. The smallest absolute Gasteiger partial charge is 0.453 e. The zero-order valence-electron chi connectivity index (χ0n) is 14.3. The van der Waals surface area contributed by atoms with Gasteiger partial charge in [0.15, 0.2) is 12.6 Å². The second-order valence-electron chi connectivity index (χ2n) is 5.35. The van der Waals surface area contributed by atoms with Gasteiger partial charge in [-0.3, -0.25) is 14.9 Å². The first-order chi connectivity index (χ1) is 12.0. The van der Waals surface area contributed by atoms with E-state index >= 15 is 0 Å². The molecule has 144 valence electrons. The van der Waals surface area contributed by atoms with Crippen molar-refractivity contribution in [2.75, 3.05) is 26.0 Å². The Morgan fingerprint density at radius 2 is 1.77 bits per heavy atom. The van der Waals surface area contributed by atoms with Crippen LogP contribution in [0.2, 0.25) is 0 Å². The third-order valence-electron chi connectivity index (χ3n) is 3.35. The SMILES string of the molecule is COC(=O)NC(=O)[C@@H](C)[NH+](C)CC(=O)Nc1ccc(OC(F)(F)F)cc1. The molecule has 0 aliphatic heterocycles. The number of alkyl carbamates (subject to hydrolysis) is 1. The number of likely N-dealkylation sites (N-methyl/N-ethyl adjacent to an activating group) is 1. The van der Waals surface area contributed by atoms with E-state index in [1.807, 2.05) is 5.32 Å². The van der Waals surface area contributed by atoms with Crippen molar-refractivity contribution in [3.05, 3.63) is 24.3 Å². The lowest BCUT2D eigenvalue weighted by Crippen LogP contribution is -3.15. The van der Waals surface area contributed by atoms with Crippen LogP contribution in [-0.4, -0.2) is 51.0 Å². The summed E-state index contributed by atoms with van der Waals surface area (Å²) in [5.74, 6) is -1.49. The molecule has 1 rings (SSSR count). The van der Waals surface area contributed by atoms with Gasteiger partial charge in [0.1, 0.15) is 5.75 Å². The summed E-state index contributed by atoms with van der Waals surface area (Å²) in [5, 5.41) is 4.49. The van der Waals surface area contributed by atoms with Crippen molar-refractivity contribution >= 4 is 23.6 Å². The number of hydrogen-bond acceptors (Lipinski definition) is 5. The number of imide groups is 1. The van der Waals surface area contributed by atoms with Gasteiger partial charge in [0.2, 0.25) is 0 Å². The van der Waals surface area contributed by atoms with Gasteiger partial charge in [0.25, 0.3) is 11.8 Å². The van der Waals surface area contributed by atoms with Crippen LogP contribution >= 0.6 is 0 Å². The Morgan fingerprint density at radius 3 is 2.27 bits per heavy atom. The fraction of sp³-hybridized carbons (Fsp3) is 0.400. The average molecular weight is 378 g/mol. The Morgan fingerprint density at radius 1 is 1.19 bits per heavy atom. The fourth-order valence-corrected chi connectivity index (χ4v) is 1.84. The number of ether oxygens (including phenoxy) is 2. The van der Waals surface area contributed by atoms with Gasteiger partial charge in [-0.15, -0.1) is 13.2 Å². The van der Waals surface area contributed by atoms with Crippen molar-refractivity contribution in [2.24, 2.45) is 0 Å². The first kappa shape index (κ1) is 21.2. The van der Waals surface area contributed by atoms with E-state index in [1.165, 1.54) is 19.1 Å². The predicted molar refractivity (Wildman–Crippen MR) is 83.5 cm³/mol. The molecule has 3 N–H and O–H groups in total. The number of anilines is 1. The molecule has 0 spiro atoms. The van der Waals surface area contributed by atoms with Crippen LogP contribution in [0.1, 0.15) is 6.92 Å². The first-order valence-electron chi connectivity index (χ1n) is 7.38. The predicted octanol–water partition coefficient (Wildman–Crippen LogP) is 0.310. The Kier molecular flexibility index (Phi) is 7.38. The number of methoxy groups -OCH3 is 1. The van der Waals surface area contributed by atoms with E-state index in [2.05, 4.69) is 14.8 Å². The molecule has 1 unspecified atom stereocenters. The van der Waals surface area contributed by atoms with Crippen LogP contribution in [0, 0.1) is 0 Å². The van der Waals surface area contributed by atoms with Crippen LogP contribution in [0.3, 0.4) is 0 Å². The minimum absolute atomic E-state index is 0.115. The molecule has 0 aliphatic carbocycles. The molecule has 0 fully saturated rings. The highest BCUT2D eigenvalue weighted by Gasteiger charge is 2.31. The van der Waals surface area contributed by atoms with Crippen LogP contribution < -0.4 is 20.3 Å². The van der Waals surface area contributed by atoms with E-state index in [0.29, 0.717) is 4.90 Å². The second kappa shape index (κ2) is 9.04. The van der Waals surface area contributed by atoms with Gasteiger partial charge in [-0.1, -0.05) is 0 Å². The van der Waals surface area contributed by atoms with E-state index in [9.17, 15) is 27.6 Å². The zero-order chi connectivity index (χ0) is 19.9. The van der Waals surface area contributed by atoms with Crippen molar-refractivity contribution in [1.82, 2.24) is 5.32 Å². The maximum absolute atomic E-state index is 12.1. The standard InChI is InChI=1S/C15H18F3N3O5/c1-9(13(23)20-14(24)25-3)21(2)8-12(22)19-10-4-6-11(7-5-10)26-15(16,17)18/h4-7,9H,8H2,1-3H3,(H,19,22)(H,20,23,24)/p+1/t9-/m1/s1. The molecule has 0 saturated heterocycles. The molecular weight excluding hydrogens is 359 g/mol. The van der Waals surface area contributed by atoms with Crippen LogP contribution in [0.25, 0.3) is 0 Å². The molecule has 1 aromatic rings. The Labute approximate surface area is 147 Å². The van der Waals surface area contributed by atoms with Crippen LogP contribution in [-0.2, 0) is 14.3 Å². The Bertz CT molecular complexity index is 649. The lowest BCUT2D eigenvalue weighted by Gasteiger charge is -2.20. The van der Waals surface area contributed by atoms with E-state index in [0.717, 1.165) is 19.2 Å². The third kappa shape index (κ3) is 7.38. The van der Waals surface area contributed by atoms with Gasteiger partial charge >= 0.3 is 12.5 Å². The normalized spacial score (nSPS) is 13.3. The number of alkyl halides is 3. The zero-order valence-corrected chi connectivity index (χ0v) is 14.3. The molecule has 0 aromatic heterocycles. The number of nitrogens with one attached hydrogen (secondary N) is 3. The van der Waals surface area contributed by atoms with Crippen LogP contribution in [0.4, 0.5) is 23.7 Å². The number of rotatable bonds is 6. The largest absolute Gasteiger partial charge is 0.573 e. The number of carbonyl (C=O) groups excluding carboxylic acids is 3. The quantitative estimate of drug-likeness (QED) is 0.662. The number of halogens is 3. The van der Waals surface area contributed by atoms with Crippen molar-refractivity contribution in [3.8, 4) is 5.75 Å². The molecule has 1 aromatic carbocycles. The molecule has 0 aliphatic rings. The molecule has 0 heterocycles. The van der Waals surface area contributed by atoms with Crippen LogP contribution in [0.5, 0.6) is 5.75 Å². The van der Waals surface area contributed by atoms with E-state index < -0.39 is 36.1 Å². The fourth-order valence-electron chi connectivity index (χ4n) is 1.84. The number of amides is 3. The number of benzene rings is 1. The highest BCUT2D eigenvalue weighted by atomic mass is 19.4. The maximum Gasteiger partial charge on any atom is 0.573 e. The summed E-state index contributed by atoms with van der Waals surface area (Å²) in [7, 11) is 2.68. The number of carbonyl (C=O) groups is 3. The highest BCUT2D eigenvalue weighted by molar-refractivity contribution is 5.94. The monoisotopic (exact) mass is 378 g/mol. The van der Waals surface area contributed by atoms with Crippen molar-refractivity contribution in [2.45, 2.75) is 19.3 Å². The minimum atomic E-state index is -4.79. The van der Waals surface area contributed by atoms with Gasteiger partial charge in [0, 0.05) is 5.69 Å². The van der Waals surface area contributed by atoms with E-state index in [4.69, 9.17) is 0 Å². The molecule has 3 amide bonds.